The normalized spacial score (nSPS) is 13.9. The number of nitrogens with zero attached hydrogens (tertiary/aromatic N) is 1. The van der Waals surface area contributed by atoms with E-state index < -0.39 is 0 Å². The smallest absolute Gasteiger partial charge is 0.231 e. The van der Waals surface area contributed by atoms with Crippen LogP contribution < -0.4 is 18.9 Å². The zero-order chi connectivity index (χ0) is 19.1. The van der Waals surface area contributed by atoms with Crippen LogP contribution in [0.3, 0.4) is 0 Å². The summed E-state index contributed by atoms with van der Waals surface area (Å²) in [5.41, 5.74) is 5.52. The summed E-state index contributed by atoms with van der Waals surface area (Å²) in [7, 11) is 1.67. The van der Waals surface area contributed by atoms with Gasteiger partial charge < -0.3 is 18.9 Å². The van der Waals surface area contributed by atoms with Crippen LogP contribution in [0.15, 0.2) is 30.3 Å². The van der Waals surface area contributed by atoms with Gasteiger partial charge in [-0.2, -0.15) is 0 Å². The molecule has 0 saturated carbocycles. The van der Waals surface area contributed by atoms with Crippen LogP contribution in [0.1, 0.15) is 17.5 Å². The van der Waals surface area contributed by atoms with Crippen molar-refractivity contribution in [1.82, 2.24) is 4.98 Å². The molecule has 0 radical (unpaired) electrons. The number of fused-ring (bicyclic) bond motifs is 5. The number of hydrogen-bond donors (Lipinski definition) is 0. The highest BCUT2D eigenvalue weighted by Crippen LogP contribution is 2.44. The molecule has 0 bridgehead atoms. The zero-order valence-electron chi connectivity index (χ0n) is 15.6. The molecule has 6 heteroatoms. The summed E-state index contributed by atoms with van der Waals surface area (Å²) in [6, 6.07) is 10.3. The van der Waals surface area contributed by atoms with E-state index in [1.54, 1.807) is 7.11 Å². The van der Waals surface area contributed by atoms with E-state index in [-0.39, 0.29) is 6.79 Å². The molecule has 28 heavy (non-hydrogen) atoms. The van der Waals surface area contributed by atoms with Crippen molar-refractivity contribution in [3.05, 3.63) is 41.5 Å². The number of aryl methyl sites for hydroxylation is 2. The number of aromatic nitrogens is 1. The summed E-state index contributed by atoms with van der Waals surface area (Å²) < 4.78 is 22.7. The molecule has 0 N–H and O–H groups in total. The summed E-state index contributed by atoms with van der Waals surface area (Å²) in [6.07, 6.45) is 2.82. The molecule has 1 aromatic heterocycles. The van der Waals surface area contributed by atoms with Crippen molar-refractivity contribution in [1.29, 1.82) is 0 Å². The number of alkyl halides is 1. The van der Waals surface area contributed by atoms with Gasteiger partial charge in [-0.3, -0.25) is 0 Å². The van der Waals surface area contributed by atoms with E-state index >= 15 is 0 Å². The van der Waals surface area contributed by atoms with Crippen LogP contribution in [-0.4, -0.2) is 30.8 Å². The maximum Gasteiger partial charge on any atom is 0.231 e. The van der Waals surface area contributed by atoms with E-state index in [4.69, 9.17) is 23.9 Å². The van der Waals surface area contributed by atoms with Gasteiger partial charge in [-0.25, -0.2) is 4.98 Å². The topological polar surface area (TPSA) is 49.8 Å². The van der Waals surface area contributed by atoms with Crippen molar-refractivity contribution in [2.45, 2.75) is 19.3 Å². The van der Waals surface area contributed by atoms with Crippen LogP contribution in [0.4, 0.5) is 0 Å². The van der Waals surface area contributed by atoms with Crippen molar-refractivity contribution in [3.63, 3.8) is 0 Å². The lowest BCUT2D eigenvalue weighted by Crippen LogP contribution is -2.07. The molecule has 2 aliphatic rings. The summed E-state index contributed by atoms with van der Waals surface area (Å²) in [5.74, 6) is 3.13. The Kier molecular flexibility index (Phi) is 4.51. The largest absolute Gasteiger partial charge is 0.493 e. The monoisotopic (exact) mass is 441 g/mol. The molecular weight excluding hydrogens is 422 g/mol. The predicted octanol–water partition coefficient (Wildman–Crippen LogP) is 4.90. The number of halogens is 1. The van der Waals surface area contributed by atoms with Crippen LogP contribution in [0, 0.1) is 0 Å². The fourth-order valence-corrected chi connectivity index (χ4v) is 4.11. The second kappa shape index (κ2) is 7.17. The molecule has 1 aliphatic heterocycles. The molecule has 0 spiro atoms. The van der Waals surface area contributed by atoms with E-state index in [1.807, 2.05) is 12.1 Å². The second-order valence-electron chi connectivity index (χ2n) is 6.91. The highest BCUT2D eigenvalue weighted by atomic mass is 79.9. The molecule has 0 amide bonds. The average molecular weight is 442 g/mol. The maximum absolute atomic E-state index is 6.07. The van der Waals surface area contributed by atoms with Crippen molar-refractivity contribution in [2.24, 2.45) is 0 Å². The van der Waals surface area contributed by atoms with Crippen molar-refractivity contribution >= 4 is 26.8 Å². The number of rotatable bonds is 5. The Balaban J connectivity index is 1.65. The van der Waals surface area contributed by atoms with Gasteiger partial charge in [0.25, 0.3) is 0 Å². The van der Waals surface area contributed by atoms with Gasteiger partial charge in [-0.05, 0) is 60.7 Å². The lowest BCUT2D eigenvalue weighted by atomic mass is 9.88. The molecule has 0 fully saturated rings. The molecule has 3 aromatic rings. The molecule has 2 heterocycles. The van der Waals surface area contributed by atoms with Gasteiger partial charge in [-0.1, -0.05) is 15.9 Å². The van der Waals surface area contributed by atoms with E-state index in [0.717, 1.165) is 69.8 Å². The first-order chi connectivity index (χ1) is 13.8. The third-order valence-electron chi connectivity index (χ3n) is 5.25. The van der Waals surface area contributed by atoms with Crippen molar-refractivity contribution in [2.75, 3.05) is 25.8 Å². The second-order valence-corrected chi connectivity index (χ2v) is 7.71. The van der Waals surface area contributed by atoms with Gasteiger partial charge in [0.05, 0.1) is 24.9 Å². The van der Waals surface area contributed by atoms with Crippen LogP contribution in [0.5, 0.6) is 23.0 Å². The van der Waals surface area contributed by atoms with E-state index in [1.165, 1.54) is 11.1 Å². The summed E-state index contributed by atoms with van der Waals surface area (Å²) in [4.78, 5) is 5.01. The molecule has 0 atom stereocenters. The summed E-state index contributed by atoms with van der Waals surface area (Å²) >= 11 is 3.45. The average Bonchev–Trinajstić information content (AvgIpc) is 3.18. The van der Waals surface area contributed by atoms with Crippen LogP contribution >= 0.6 is 15.9 Å². The van der Waals surface area contributed by atoms with Crippen molar-refractivity contribution < 1.29 is 18.9 Å². The van der Waals surface area contributed by atoms with Crippen LogP contribution in [0.25, 0.3) is 22.2 Å². The quantitative estimate of drug-likeness (QED) is 0.416. The van der Waals surface area contributed by atoms with Gasteiger partial charge in [-0.15, -0.1) is 0 Å². The molecular formula is C22H20BrNO4. The van der Waals surface area contributed by atoms with E-state index in [2.05, 4.69) is 34.1 Å². The first-order valence-corrected chi connectivity index (χ1v) is 10.5. The third kappa shape index (κ3) is 2.87. The van der Waals surface area contributed by atoms with E-state index in [0.29, 0.717) is 6.61 Å². The van der Waals surface area contributed by atoms with Gasteiger partial charge in [0.2, 0.25) is 6.79 Å². The molecule has 0 saturated heterocycles. The molecule has 5 rings (SSSR count). The SMILES string of the molecule is COc1ccc2nc3c(cc2c1OCCCBr)CCc1cc2c(cc1-3)OCO2. The van der Waals surface area contributed by atoms with Gasteiger partial charge in [0, 0.05) is 16.3 Å². The minimum absolute atomic E-state index is 0.283. The molecule has 2 aromatic carbocycles. The number of hydrogen-bond acceptors (Lipinski definition) is 5. The fourth-order valence-electron chi connectivity index (χ4n) is 3.88. The first kappa shape index (κ1) is 17.6. The molecule has 0 unspecified atom stereocenters. The van der Waals surface area contributed by atoms with Gasteiger partial charge >= 0.3 is 0 Å². The minimum atomic E-state index is 0.283. The minimum Gasteiger partial charge on any atom is -0.493 e. The predicted molar refractivity (Wildman–Crippen MR) is 111 cm³/mol. The third-order valence-corrected chi connectivity index (χ3v) is 5.81. The number of methoxy groups -OCH3 is 1. The van der Waals surface area contributed by atoms with E-state index in [9.17, 15) is 0 Å². The Morgan fingerprint density at radius 1 is 1.07 bits per heavy atom. The van der Waals surface area contributed by atoms with Gasteiger partial charge in [0.1, 0.15) is 0 Å². The Morgan fingerprint density at radius 3 is 2.71 bits per heavy atom. The zero-order valence-corrected chi connectivity index (χ0v) is 17.2. The molecule has 1 aliphatic carbocycles. The Morgan fingerprint density at radius 2 is 1.89 bits per heavy atom. The van der Waals surface area contributed by atoms with Crippen LogP contribution in [0.2, 0.25) is 0 Å². The highest BCUT2D eigenvalue weighted by molar-refractivity contribution is 9.09. The van der Waals surface area contributed by atoms with Crippen molar-refractivity contribution in [3.8, 4) is 34.3 Å². The number of ether oxygens (including phenoxy) is 4. The Labute approximate surface area is 171 Å². The summed E-state index contributed by atoms with van der Waals surface area (Å²) in [6.45, 7) is 0.912. The highest BCUT2D eigenvalue weighted by Gasteiger charge is 2.24. The van der Waals surface area contributed by atoms with Crippen LogP contribution in [-0.2, 0) is 12.8 Å². The first-order valence-electron chi connectivity index (χ1n) is 9.41. The summed E-state index contributed by atoms with van der Waals surface area (Å²) in [5, 5.41) is 1.90. The lowest BCUT2D eigenvalue weighted by Gasteiger charge is -2.21. The van der Waals surface area contributed by atoms with Gasteiger partial charge in [0.15, 0.2) is 23.0 Å². The lowest BCUT2D eigenvalue weighted by molar-refractivity contribution is 0.174. The number of pyridine rings is 1. The Hall–Kier alpha value is -2.47. The Bertz CT molecular complexity index is 1070. The standard InChI is InChI=1S/C22H20BrNO4/c1-25-18-6-5-17-16(22(18)26-8-2-7-23)9-14-4-3-13-10-19-20(28-12-27-19)11-15(13)21(14)24-17/h5-6,9-11H,2-4,7-8,12H2,1H3. The molecule has 5 nitrogen and oxygen atoms in total. The fraction of sp³-hybridized carbons (Fsp3) is 0.318. The number of benzene rings is 2. The molecule has 144 valence electrons. The maximum atomic E-state index is 6.07.